The molecule has 0 saturated carbocycles. The van der Waals surface area contributed by atoms with Crippen LogP contribution in [0.1, 0.15) is 39.0 Å². The number of nitrogens with zero attached hydrogens (tertiary/aromatic N) is 3. The lowest BCUT2D eigenvalue weighted by Gasteiger charge is -2.24. The van der Waals surface area contributed by atoms with Crippen molar-refractivity contribution in [1.29, 1.82) is 0 Å². The average Bonchev–Trinajstić information content (AvgIpc) is 3.07. The molecule has 3 heterocycles. The number of aromatic nitrogens is 1. The Bertz CT molecular complexity index is 1490. The summed E-state index contributed by atoms with van der Waals surface area (Å²) in [5.74, 6) is -0.266. The molecule has 8 nitrogen and oxygen atoms in total. The number of nitro groups is 1. The maximum atomic E-state index is 13.6. The first-order valence-electron chi connectivity index (χ1n) is 9.94. The smallest absolute Gasteiger partial charge is 0.296 e. The van der Waals surface area contributed by atoms with Crippen LogP contribution in [0.3, 0.4) is 0 Å². The van der Waals surface area contributed by atoms with Gasteiger partial charge in [-0.2, -0.15) is 0 Å². The van der Waals surface area contributed by atoms with Crippen molar-refractivity contribution in [2.75, 3.05) is 4.90 Å². The van der Waals surface area contributed by atoms with Crippen molar-refractivity contribution < 1.29 is 14.1 Å². The molecular weight excluding hydrogens is 410 g/mol. The third-order valence-corrected chi connectivity index (χ3v) is 5.54. The van der Waals surface area contributed by atoms with Crippen LogP contribution >= 0.6 is 0 Å². The summed E-state index contributed by atoms with van der Waals surface area (Å²) in [6, 6.07) is 15.4. The van der Waals surface area contributed by atoms with E-state index < -0.39 is 16.9 Å². The molecule has 5 rings (SSSR count). The monoisotopic (exact) mass is 427 g/mol. The molecule has 0 N–H and O–H groups in total. The Kier molecular flexibility index (Phi) is 4.37. The van der Waals surface area contributed by atoms with Crippen molar-refractivity contribution in [3.05, 3.63) is 109 Å². The average molecular weight is 427 g/mol. The zero-order chi connectivity index (χ0) is 22.6. The number of amides is 1. The molecular formula is C24H17N3O5. The highest BCUT2D eigenvalue weighted by Crippen LogP contribution is 2.41. The van der Waals surface area contributed by atoms with Crippen LogP contribution in [0.25, 0.3) is 11.0 Å². The van der Waals surface area contributed by atoms with Crippen LogP contribution in [0.15, 0.2) is 69.9 Å². The zero-order valence-corrected chi connectivity index (χ0v) is 17.2. The minimum atomic E-state index is -0.909. The summed E-state index contributed by atoms with van der Waals surface area (Å²) >= 11 is 0. The molecule has 0 saturated heterocycles. The molecule has 1 unspecified atom stereocenters. The van der Waals surface area contributed by atoms with Crippen molar-refractivity contribution >= 4 is 28.4 Å². The van der Waals surface area contributed by atoms with E-state index in [9.17, 15) is 19.7 Å². The van der Waals surface area contributed by atoms with Crippen LogP contribution in [0, 0.1) is 24.0 Å². The number of non-ortho nitro benzene ring substituents is 1. The minimum Gasteiger partial charge on any atom is -0.450 e. The summed E-state index contributed by atoms with van der Waals surface area (Å²) < 4.78 is 5.91. The number of fused-ring (bicyclic) bond motifs is 2. The number of pyridine rings is 1. The van der Waals surface area contributed by atoms with Gasteiger partial charge in [-0.15, -0.1) is 0 Å². The Hall–Kier alpha value is -4.33. The molecule has 2 aromatic carbocycles. The third-order valence-electron chi connectivity index (χ3n) is 5.54. The van der Waals surface area contributed by atoms with Crippen LogP contribution in [0.2, 0.25) is 0 Å². The second-order valence-corrected chi connectivity index (χ2v) is 7.74. The molecule has 158 valence electrons. The van der Waals surface area contributed by atoms with Crippen LogP contribution < -0.4 is 10.3 Å². The van der Waals surface area contributed by atoms with E-state index in [1.54, 1.807) is 49.4 Å². The molecule has 1 aliphatic rings. The molecule has 0 fully saturated rings. The normalized spacial score (nSPS) is 15.2. The molecule has 1 amide bonds. The van der Waals surface area contributed by atoms with Gasteiger partial charge in [0.25, 0.3) is 11.6 Å². The molecule has 4 aromatic rings. The zero-order valence-electron chi connectivity index (χ0n) is 17.2. The molecule has 2 aromatic heterocycles. The first kappa shape index (κ1) is 19.6. The summed E-state index contributed by atoms with van der Waals surface area (Å²) in [6.45, 7) is 3.65. The molecule has 0 spiro atoms. The standard InChI is InChI=1S/C24H17N3O5/c1-13-9-10-18-17(11-13)22(28)20-21(15-6-4-7-16(12-15)27(30)31)26(24(29)23(20)32-18)19-8-3-5-14(2)25-19/h3-12,21H,1-2H3. The van der Waals surface area contributed by atoms with Gasteiger partial charge in [0, 0.05) is 17.8 Å². The number of hydrogen-bond acceptors (Lipinski definition) is 6. The van der Waals surface area contributed by atoms with E-state index in [4.69, 9.17) is 4.42 Å². The van der Waals surface area contributed by atoms with E-state index in [-0.39, 0.29) is 22.4 Å². The van der Waals surface area contributed by atoms with Gasteiger partial charge in [-0.25, -0.2) is 4.98 Å². The quantitative estimate of drug-likeness (QED) is 0.353. The van der Waals surface area contributed by atoms with E-state index in [1.165, 1.54) is 23.1 Å². The van der Waals surface area contributed by atoms with Gasteiger partial charge in [-0.05, 0) is 43.7 Å². The van der Waals surface area contributed by atoms with Crippen molar-refractivity contribution in [1.82, 2.24) is 4.98 Å². The lowest BCUT2D eigenvalue weighted by Crippen LogP contribution is -2.30. The van der Waals surface area contributed by atoms with Crippen molar-refractivity contribution in [3.63, 3.8) is 0 Å². The van der Waals surface area contributed by atoms with Gasteiger partial charge in [0.05, 0.1) is 21.9 Å². The number of anilines is 1. The van der Waals surface area contributed by atoms with Gasteiger partial charge in [0.1, 0.15) is 11.4 Å². The van der Waals surface area contributed by atoms with Crippen LogP contribution in [-0.4, -0.2) is 15.8 Å². The van der Waals surface area contributed by atoms with Gasteiger partial charge in [0.15, 0.2) is 5.43 Å². The number of carbonyl (C=O) groups is 1. The van der Waals surface area contributed by atoms with E-state index >= 15 is 0 Å². The van der Waals surface area contributed by atoms with E-state index in [0.29, 0.717) is 28.0 Å². The number of carbonyl (C=O) groups excluding carboxylic acids is 1. The van der Waals surface area contributed by atoms with Gasteiger partial charge in [-0.3, -0.25) is 24.6 Å². The van der Waals surface area contributed by atoms with Crippen molar-refractivity contribution in [2.45, 2.75) is 19.9 Å². The SMILES string of the molecule is Cc1ccc2oc3c(c(=O)c2c1)C(c1cccc([N+](=O)[O-])c1)N(c1cccc(C)n1)C3=O. The number of hydrogen-bond donors (Lipinski definition) is 0. The highest BCUT2D eigenvalue weighted by molar-refractivity contribution is 6.10. The highest BCUT2D eigenvalue weighted by atomic mass is 16.6. The highest BCUT2D eigenvalue weighted by Gasteiger charge is 2.44. The third kappa shape index (κ3) is 2.96. The number of aryl methyl sites for hydroxylation is 2. The van der Waals surface area contributed by atoms with Gasteiger partial charge in [0.2, 0.25) is 5.76 Å². The van der Waals surface area contributed by atoms with Crippen LogP contribution in [0.4, 0.5) is 11.5 Å². The molecule has 0 aliphatic carbocycles. The fourth-order valence-electron chi connectivity index (χ4n) is 4.11. The predicted octanol–water partition coefficient (Wildman–Crippen LogP) is 4.46. The first-order chi connectivity index (χ1) is 15.3. The number of benzene rings is 2. The molecule has 32 heavy (non-hydrogen) atoms. The lowest BCUT2D eigenvalue weighted by atomic mass is 9.97. The molecule has 1 aliphatic heterocycles. The Morgan fingerprint density at radius 2 is 1.81 bits per heavy atom. The van der Waals surface area contributed by atoms with Crippen molar-refractivity contribution in [3.8, 4) is 0 Å². The molecule has 1 atom stereocenters. The lowest BCUT2D eigenvalue weighted by molar-refractivity contribution is -0.384. The van der Waals surface area contributed by atoms with Gasteiger partial charge >= 0.3 is 0 Å². The minimum absolute atomic E-state index is 0.0776. The van der Waals surface area contributed by atoms with E-state index in [1.807, 2.05) is 6.92 Å². The Balaban J connectivity index is 1.83. The summed E-state index contributed by atoms with van der Waals surface area (Å²) in [5.41, 5.74) is 1.96. The predicted molar refractivity (Wildman–Crippen MR) is 118 cm³/mol. The van der Waals surface area contributed by atoms with E-state index in [0.717, 1.165) is 5.56 Å². The fourth-order valence-corrected chi connectivity index (χ4v) is 4.11. The van der Waals surface area contributed by atoms with Gasteiger partial charge < -0.3 is 4.42 Å². The number of nitro benzene ring substituents is 1. The molecule has 0 radical (unpaired) electrons. The number of rotatable bonds is 3. The van der Waals surface area contributed by atoms with Crippen LogP contribution in [-0.2, 0) is 0 Å². The van der Waals surface area contributed by atoms with Gasteiger partial charge in [-0.1, -0.05) is 29.8 Å². The van der Waals surface area contributed by atoms with E-state index in [2.05, 4.69) is 4.98 Å². The summed E-state index contributed by atoms with van der Waals surface area (Å²) in [7, 11) is 0. The Morgan fingerprint density at radius 3 is 2.56 bits per heavy atom. The maximum Gasteiger partial charge on any atom is 0.296 e. The van der Waals surface area contributed by atoms with Crippen molar-refractivity contribution in [2.24, 2.45) is 0 Å². The Morgan fingerprint density at radius 1 is 1.03 bits per heavy atom. The largest absolute Gasteiger partial charge is 0.450 e. The molecule has 0 bridgehead atoms. The first-order valence-corrected chi connectivity index (χ1v) is 9.94. The summed E-state index contributed by atoms with van der Waals surface area (Å²) in [6.07, 6.45) is 0. The fraction of sp³-hybridized carbons (Fsp3) is 0.125. The second kappa shape index (κ2) is 7.12. The summed E-state index contributed by atoms with van der Waals surface area (Å²) in [5, 5.41) is 11.7. The Labute approximate surface area is 181 Å². The topological polar surface area (TPSA) is 107 Å². The molecule has 8 heteroatoms. The second-order valence-electron chi connectivity index (χ2n) is 7.74. The maximum absolute atomic E-state index is 13.6. The summed E-state index contributed by atoms with van der Waals surface area (Å²) in [4.78, 5) is 43.8. The van der Waals surface area contributed by atoms with Crippen LogP contribution in [0.5, 0.6) is 0 Å².